The van der Waals surface area contributed by atoms with Crippen LogP contribution >= 0.6 is 11.6 Å². The fourth-order valence-electron chi connectivity index (χ4n) is 2.89. The van der Waals surface area contributed by atoms with Crippen molar-refractivity contribution in [3.05, 3.63) is 69.9 Å². The molecule has 0 saturated heterocycles. The fraction of sp³-hybridized carbons (Fsp3) is 0.200. The van der Waals surface area contributed by atoms with Crippen molar-refractivity contribution in [2.75, 3.05) is 10.2 Å². The number of nitrogens with zero attached hydrogens (tertiary/aromatic N) is 1. The second kappa shape index (κ2) is 6.73. The topological polar surface area (TPSA) is 49.4 Å². The van der Waals surface area contributed by atoms with E-state index in [9.17, 15) is 9.59 Å². The van der Waals surface area contributed by atoms with E-state index in [2.05, 4.69) is 12.2 Å². The number of benzene rings is 2. The molecular formula is C20H19ClN2O2. The molecule has 25 heavy (non-hydrogen) atoms. The first-order valence-electron chi connectivity index (χ1n) is 8.13. The van der Waals surface area contributed by atoms with Gasteiger partial charge in [-0.2, -0.15) is 0 Å². The molecule has 0 radical (unpaired) electrons. The predicted molar refractivity (Wildman–Crippen MR) is 101 cm³/mol. The van der Waals surface area contributed by atoms with Gasteiger partial charge in [-0.3, -0.25) is 9.59 Å². The monoisotopic (exact) mass is 354 g/mol. The molecule has 1 aliphatic heterocycles. The molecular weight excluding hydrogens is 336 g/mol. The number of anilines is 2. The average molecular weight is 355 g/mol. The number of imide groups is 1. The predicted octanol–water partition coefficient (Wildman–Crippen LogP) is 4.30. The van der Waals surface area contributed by atoms with Crippen LogP contribution in [0.15, 0.2) is 53.2 Å². The Morgan fingerprint density at radius 3 is 2.12 bits per heavy atom. The third-order valence-corrected chi connectivity index (χ3v) is 4.47. The Morgan fingerprint density at radius 1 is 0.960 bits per heavy atom. The minimum absolute atomic E-state index is 0.0938. The first-order chi connectivity index (χ1) is 11.9. The zero-order chi connectivity index (χ0) is 18.1. The molecule has 2 aromatic rings. The first kappa shape index (κ1) is 17.2. The van der Waals surface area contributed by atoms with Crippen molar-refractivity contribution >= 4 is 34.8 Å². The lowest BCUT2D eigenvalue weighted by Crippen LogP contribution is -2.32. The Bertz CT molecular complexity index is 865. The normalized spacial score (nSPS) is 14.5. The van der Waals surface area contributed by atoms with Crippen LogP contribution in [0.4, 0.5) is 11.4 Å². The number of halogens is 1. The van der Waals surface area contributed by atoms with Crippen LogP contribution in [-0.2, 0) is 16.0 Å². The SMILES string of the molecule is CCc1ccc(NC2=C(Cl)C(=O)N(c3cc(C)cc(C)c3)C2=O)cc1. The van der Waals surface area contributed by atoms with E-state index < -0.39 is 11.8 Å². The quantitative estimate of drug-likeness (QED) is 0.833. The average Bonchev–Trinajstić information content (AvgIpc) is 2.78. The summed E-state index contributed by atoms with van der Waals surface area (Å²) in [6.45, 7) is 5.92. The summed E-state index contributed by atoms with van der Waals surface area (Å²) in [5.41, 5.74) is 4.50. The van der Waals surface area contributed by atoms with Crippen LogP contribution in [0.3, 0.4) is 0 Å². The van der Waals surface area contributed by atoms with Gasteiger partial charge in [-0.1, -0.05) is 36.7 Å². The van der Waals surface area contributed by atoms with Crippen molar-refractivity contribution in [2.45, 2.75) is 27.2 Å². The van der Waals surface area contributed by atoms with Gasteiger partial charge >= 0.3 is 0 Å². The van der Waals surface area contributed by atoms with Crippen molar-refractivity contribution < 1.29 is 9.59 Å². The van der Waals surface area contributed by atoms with E-state index in [-0.39, 0.29) is 10.7 Å². The molecule has 0 bridgehead atoms. The van der Waals surface area contributed by atoms with E-state index >= 15 is 0 Å². The number of amides is 2. The standard InChI is InChI=1S/C20H19ClN2O2/c1-4-14-5-7-15(8-6-14)22-18-17(21)19(24)23(20(18)25)16-10-12(2)9-13(3)11-16/h5-11,22H,4H2,1-3H3. The maximum atomic E-state index is 12.8. The highest BCUT2D eigenvalue weighted by Gasteiger charge is 2.39. The third-order valence-electron chi connectivity index (χ3n) is 4.12. The molecule has 1 aliphatic rings. The van der Waals surface area contributed by atoms with Crippen LogP contribution in [-0.4, -0.2) is 11.8 Å². The van der Waals surface area contributed by atoms with Gasteiger partial charge in [-0.25, -0.2) is 4.90 Å². The van der Waals surface area contributed by atoms with Gasteiger partial charge in [-0.05, 0) is 61.2 Å². The Hall–Kier alpha value is -2.59. The van der Waals surface area contributed by atoms with Gasteiger partial charge in [0.2, 0.25) is 0 Å². The number of rotatable bonds is 4. The second-order valence-electron chi connectivity index (χ2n) is 6.16. The van der Waals surface area contributed by atoms with Crippen molar-refractivity contribution in [1.82, 2.24) is 0 Å². The van der Waals surface area contributed by atoms with Gasteiger partial charge in [-0.15, -0.1) is 0 Å². The molecule has 0 spiro atoms. The molecule has 0 atom stereocenters. The van der Waals surface area contributed by atoms with E-state index in [1.807, 2.05) is 44.2 Å². The first-order valence-corrected chi connectivity index (χ1v) is 8.51. The molecule has 4 nitrogen and oxygen atoms in total. The van der Waals surface area contributed by atoms with Gasteiger partial charge in [0, 0.05) is 5.69 Å². The highest BCUT2D eigenvalue weighted by atomic mass is 35.5. The summed E-state index contributed by atoms with van der Waals surface area (Å²) in [6, 6.07) is 13.3. The van der Waals surface area contributed by atoms with Crippen LogP contribution in [0.2, 0.25) is 0 Å². The van der Waals surface area contributed by atoms with Crippen molar-refractivity contribution in [1.29, 1.82) is 0 Å². The van der Waals surface area contributed by atoms with Crippen LogP contribution in [0.25, 0.3) is 0 Å². The Balaban J connectivity index is 1.90. The number of carbonyl (C=O) groups is 2. The molecule has 2 amide bonds. The van der Waals surface area contributed by atoms with E-state index in [1.54, 1.807) is 12.1 Å². The molecule has 0 fully saturated rings. The van der Waals surface area contributed by atoms with Gasteiger partial charge in [0.05, 0.1) is 5.69 Å². The van der Waals surface area contributed by atoms with Crippen LogP contribution in [0.5, 0.6) is 0 Å². The maximum absolute atomic E-state index is 12.8. The largest absolute Gasteiger partial charge is 0.350 e. The summed E-state index contributed by atoms with van der Waals surface area (Å²) in [5, 5.41) is 2.89. The molecule has 0 aliphatic carbocycles. The molecule has 5 heteroatoms. The molecule has 1 N–H and O–H groups in total. The van der Waals surface area contributed by atoms with Crippen molar-refractivity contribution in [3.8, 4) is 0 Å². The highest BCUT2D eigenvalue weighted by Crippen LogP contribution is 2.31. The lowest BCUT2D eigenvalue weighted by molar-refractivity contribution is -0.120. The lowest BCUT2D eigenvalue weighted by Gasteiger charge is -2.16. The van der Waals surface area contributed by atoms with Gasteiger partial charge in [0.25, 0.3) is 11.8 Å². The number of hydrogen-bond donors (Lipinski definition) is 1. The molecule has 0 aromatic heterocycles. The summed E-state index contributed by atoms with van der Waals surface area (Å²) in [6.07, 6.45) is 0.932. The molecule has 3 rings (SSSR count). The smallest absolute Gasteiger partial charge is 0.283 e. The van der Waals surface area contributed by atoms with Crippen LogP contribution in [0, 0.1) is 13.8 Å². The van der Waals surface area contributed by atoms with Gasteiger partial charge in [0.15, 0.2) is 0 Å². The minimum atomic E-state index is -0.510. The number of carbonyl (C=O) groups excluding carboxylic acids is 2. The third kappa shape index (κ3) is 3.30. The van der Waals surface area contributed by atoms with Crippen molar-refractivity contribution in [2.24, 2.45) is 0 Å². The summed E-state index contributed by atoms with van der Waals surface area (Å²) >= 11 is 6.16. The second-order valence-corrected chi connectivity index (χ2v) is 6.53. The highest BCUT2D eigenvalue weighted by molar-refractivity contribution is 6.53. The molecule has 0 saturated carbocycles. The summed E-state index contributed by atoms with van der Waals surface area (Å²) < 4.78 is 0. The minimum Gasteiger partial charge on any atom is -0.350 e. The molecule has 0 unspecified atom stereocenters. The molecule has 2 aromatic carbocycles. The van der Waals surface area contributed by atoms with E-state index in [4.69, 9.17) is 11.6 Å². The lowest BCUT2D eigenvalue weighted by atomic mass is 10.1. The van der Waals surface area contributed by atoms with Gasteiger partial charge < -0.3 is 5.32 Å². The summed E-state index contributed by atoms with van der Waals surface area (Å²) in [7, 11) is 0. The number of hydrogen-bond acceptors (Lipinski definition) is 3. The number of aryl methyl sites for hydroxylation is 3. The maximum Gasteiger partial charge on any atom is 0.283 e. The van der Waals surface area contributed by atoms with Crippen molar-refractivity contribution in [3.63, 3.8) is 0 Å². The summed E-state index contributed by atoms with van der Waals surface area (Å²) in [4.78, 5) is 26.4. The number of nitrogens with one attached hydrogen (secondary N) is 1. The fourth-order valence-corrected chi connectivity index (χ4v) is 3.11. The molecule has 1 heterocycles. The van der Waals surface area contributed by atoms with E-state index in [1.165, 1.54) is 5.56 Å². The van der Waals surface area contributed by atoms with Crippen LogP contribution < -0.4 is 10.2 Å². The zero-order valence-electron chi connectivity index (χ0n) is 14.4. The van der Waals surface area contributed by atoms with E-state index in [0.29, 0.717) is 11.4 Å². The Morgan fingerprint density at radius 2 is 1.56 bits per heavy atom. The van der Waals surface area contributed by atoms with E-state index in [0.717, 1.165) is 22.4 Å². The zero-order valence-corrected chi connectivity index (χ0v) is 15.1. The Labute approximate surface area is 152 Å². The van der Waals surface area contributed by atoms with Gasteiger partial charge in [0.1, 0.15) is 10.7 Å². The van der Waals surface area contributed by atoms with Crippen LogP contribution in [0.1, 0.15) is 23.6 Å². The Kier molecular flexibility index (Phi) is 4.64. The summed E-state index contributed by atoms with van der Waals surface area (Å²) in [5.74, 6) is -0.955. The molecule has 128 valence electrons.